The molecular formula is C10H12ClNO2. The smallest absolute Gasteiger partial charge is 0.216 e. The first-order valence-corrected chi connectivity index (χ1v) is 4.65. The fourth-order valence-electron chi connectivity index (χ4n) is 1.04. The molecule has 0 unspecified atom stereocenters. The first kappa shape index (κ1) is 11.0. The Morgan fingerprint density at radius 3 is 2.57 bits per heavy atom. The van der Waals surface area contributed by atoms with Crippen LogP contribution in [0.2, 0.25) is 5.02 Å². The van der Waals surface area contributed by atoms with E-state index in [0.717, 1.165) is 5.56 Å². The lowest BCUT2D eigenvalue weighted by molar-refractivity contribution is -0.119. The van der Waals surface area contributed by atoms with Gasteiger partial charge in [0.2, 0.25) is 5.91 Å². The SMILES string of the molecule is CC(=O)NC[C@@H](O)c1ccc(Cl)cc1. The van der Waals surface area contributed by atoms with Crippen LogP contribution in [0.25, 0.3) is 0 Å². The number of carbonyl (C=O) groups excluding carboxylic acids is 1. The summed E-state index contributed by atoms with van der Waals surface area (Å²) in [5.74, 6) is -0.155. The van der Waals surface area contributed by atoms with E-state index in [9.17, 15) is 9.90 Å². The number of benzene rings is 1. The molecule has 1 atom stereocenters. The Labute approximate surface area is 87.7 Å². The monoisotopic (exact) mass is 213 g/mol. The number of aliphatic hydroxyl groups excluding tert-OH is 1. The maximum Gasteiger partial charge on any atom is 0.216 e. The summed E-state index contributed by atoms with van der Waals surface area (Å²) in [6.07, 6.45) is -0.684. The highest BCUT2D eigenvalue weighted by Crippen LogP contribution is 2.15. The Morgan fingerprint density at radius 2 is 2.07 bits per heavy atom. The van der Waals surface area contributed by atoms with Gasteiger partial charge in [0.1, 0.15) is 0 Å². The Morgan fingerprint density at radius 1 is 1.50 bits per heavy atom. The van der Waals surface area contributed by atoms with Gasteiger partial charge in [-0.15, -0.1) is 0 Å². The molecule has 0 saturated carbocycles. The molecule has 1 amide bonds. The summed E-state index contributed by atoms with van der Waals surface area (Å²) < 4.78 is 0. The molecule has 0 aromatic heterocycles. The molecule has 3 nitrogen and oxygen atoms in total. The van der Waals surface area contributed by atoms with Crippen molar-refractivity contribution in [2.45, 2.75) is 13.0 Å². The van der Waals surface area contributed by atoms with E-state index in [4.69, 9.17) is 11.6 Å². The molecule has 0 heterocycles. The number of amides is 1. The topological polar surface area (TPSA) is 49.3 Å². The van der Waals surface area contributed by atoms with Gasteiger partial charge in [-0.05, 0) is 17.7 Å². The van der Waals surface area contributed by atoms with Crippen LogP contribution in [0.3, 0.4) is 0 Å². The maximum absolute atomic E-state index is 10.6. The molecule has 4 heteroatoms. The van der Waals surface area contributed by atoms with Crippen LogP contribution in [-0.4, -0.2) is 17.6 Å². The zero-order valence-electron chi connectivity index (χ0n) is 7.83. The molecule has 0 bridgehead atoms. The minimum absolute atomic E-state index is 0.155. The van der Waals surface area contributed by atoms with Crippen LogP contribution >= 0.6 is 11.6 Å². The molecule has 1 aromatic carbocycles. The zero-order chi connectivity index (χ0) is 10.6. The largest absolute Gasteiger partial charge is 0.387 e. The van der Waals surface area contributed by atoms with Crippen molar-refractivity contribution in [3.63, 3.8) is 0 Å². The molecule has 0 fully saturated rings. The van der Waals surface area contributed by atoms with Gasteiger partial charge in [-0.3, -0.25) is 4.79 Å². The van der Waals surface area contributed by atoms with E-state index in [0.29, 0.717) is 5.02 Å². The van der Waals surface area contributed by atoms with Gasteiger partial charge in [-0.2, -0.15) is 0 Å². The van der Waals surface area contributed by atoms with Crippen molar-refractivity contribution in [1.82, 2.24) is 5.32 Å². The predicted molar refractivity (Wildman–Crippen MR) is 55.1 cm³/mol. The van der Waals surface area contributed by atoms with Crippen LogP contribution in [-0.2, 0) is 4.79 Å². The lowest BCUT2D eigenvalue weighted by Gasteiger charge is -2.10. The van der Waals surface area contributed by atoms with Crippen LogP contribution in [0.1, 0.15) is 18.6 Å². The molecule has 0 radical (unpaired) electrons. The summed E-state index contributed by atoms with van der Waals surface area (Å²) in [5, 5.41) is 12.8. The summed E-state index contributed by atoms with van der Waals surface area (Å²) in [7, 11) is 0. The molecular weight excluding hydrogens is 202 g/mol. The number of aliphatic hydroxyl groups is 1. The molecule has 0 aliphatic carbocycles. The van der Waals surface area contributed by atoms with Crippen LogP contribution < -0.4 is 5.32 Å². The van der Waals surface area contributed by atoms with Crippen molar-refractivity contribution < 1.29 is 9.90 Å². The number of hydrogen-bond acceptors (Lipinski definition) is 2. The van der Waals surface area contributed by atoms with Crippen molar-refractivity contribution >= 4 is 17.5 Å². The molecule has 0 aliphatic heterocycles. The number of rotatable bonds is 3. The molecule has 0 aliphatic rings. The van der Waals surface area contributed by atoms with Gasteiger partial charge < -0.3 is 10.4 Å². The van der Waals surface area contributed by atoms with Crippen molar-refractivity contribution in [3.05, 3.63) is 34.9 Å². The Kier molecular flexibility index (Phi) is 3.92. The van der Waals surface area contributed by atoms with Gasteiger partial charge >= 0.3 is 0 Å². The molecule has 0 saturated heterocycles. The Bertz CT molecular complexity index is 310. The first-order chi connectivity index (χ1) is 6.59. The maximum atomic E-state index is 10.6. The van der Waals surface area contributed by atoms with E-state index < -0.39 is 6.10 Å². The Balaban J connectivity index is 2.56. The summed E-state index contributed by atoms with van der Waals surface area (Å²) in [6.45, 7) is 1.63. The van der Waals surface area contributed by atoms with Crippen LogP contribution in [0.15, 0.2) is 24.3 Å². The number of halogens is 1. The highest BCUT2D eigenvalue weighted by atomic mass is 35.5. The average Bonchev–Trinajstić information content (AvgIpc) is 2.15. The zero-order valence-corrected chi connectivity index (χ0v) is 8.58. The van der Waals surface area contributed by atoms with Crippen molar-refractivity contribution in [2.24, 2.45) is 0 Å². The number of nitrogens with one attached hydrogen (secondary N) is 1. The van der Waals surface area contributed by atoms with Crippen molar-refractivity contribution in [1.29, 1.82) is 0 Å². The molecule has 1 rings (SSSR count). The minimum atomic E-state index is -0.684. The standard InChI is InChI=1S/C10H12ClNO2/c1-7(13)12-6-10(14)8-2-4-9(11)5-3-8/h2-5,10,14H,6H2,1H3,(H,12,13)/t10-/m1/s1. The van der Waals surface area contributed by atoms with Crippen LogP contribution in [0, 0.1) is 0 Å². The summed E-state index contributed by atoms with van der Waals surface area (Å²) in [4.78, 5) is 10.6. The third kappa shape index (κ3) is 3.36. The van der Waals surface area contributed by atoms with Crippen LogP contribution in [0.5, 0.6) is 0 Å². The van der Waals surface area contributed by atoms with Gasteiger partial charge in [-0.25, -0.2) is 0 Å². The van der Waals surface area contributed by atoms with E-state index in [1.807, 2.05) is 0 Å². The van der Waals surface area contributed by atoms with E-state index in [2.05, 4.69) is 5.32 Å². The summed E-state index contributed by atoms with van der Waals surface area (Å²) in [5.41, 5.74) is 0.739. The van der Waals surface area contributed by atoms with E-state index in [1.165, 1.54) is 6.92 Å². The highest BCUT2D eigenvalue weighted by Gasteiger charge is 2.06. The lowest BCUT2D eigenvalue weighted by Crippen LogP contribution is -2.25. The van der Waals surface area contributed by atoms with Crippen molar-refractivity contribution in [2.75, 3.05) is 6.54 Å². The fourth-order valence-corrected chi connectivity index (χ4v) is 1.17. The molecule has 14 heavy (non-hydrogen) atoms. The van der Waals surface area contributed by atoms with E-state index >= 15 is 0 Å². The first-order valence-electron chi connectivity index (χ1n) is 4.27. The fraction of sp³-hybridized carbons (Fsp3) is 0.300. The molecule has 2 N–H and O–H groups in total. The van der Waals surface area contributed by atoms with Gasteiger partial charge in [0.25, 0.3) is 0 Å². The molecule has 76 valence electrons. The number of carbonyl (C=O) groups is 1. The normalized spacial score (nSPS) is 12.2. The second-order valence-electron chi connectivity index (χ2n) is 3.00. The third-order valence-electron chi connectivity index (χ3n) is 1.80. The Hall–Kier alpha value is -1.06. The number of hydrogen-bond donors (Lipinski definition) is 2. The highest BCUT2D eigenvalue weighted by molar-refractivity contribution is 6.30. The molecule has 0 spiro atoms. The molecule has 1 aromatic rings. The van der Waals surface area contributed by atoms with Gasteiger partial charge in [0, 0.05) is 18.5 Å². The summed E-state index contributed by atoms with van der Waals surface area (Å²) >= 11 is 5.69. The lowest BCUT2D eigenvalue weighted by atomic mass is 10.1. The summed E-state index contributed by atoms with van der Waals surface area (Å²) in [6, 6.07) is 6.87. The quantitative estimate of drug-likeness (QED) is 0.800. The average molecular weight is 214 g/mol. The van der Waals surface area contributed by atoms with Gasteiger partial charge in [0.15, 0.2) is 0 Å². The second-order valence-corrected chi connectivity index (χ2v) is 3.44. The third-order valence-corrected chi connectivity index (χ3v) is 2.05. The van der Waals surface area contributed by atoms with Gasteiger partial charge in [-0.1, -0.05) is 23.7 Å². The predicted octanol–water partition coefficient (Wildman–Crippen LogP) is 1.51. The second kappa shape index (κ2) is 4.98. The van der Waals surface area contributed by atoms with Gasteiger partial charge in [0.05, 0.1) is 6.10 Å². The van der Waals surface area contributed by atoms with Crippen LogP contribution in [0.4, 0.5) is 0 Å². The van der Waals surface area contributed by atoms with E-state index in [1.54, 1.807) is 24.3 Å². The van der Waals surface area contributed by atoms with Crippen molar-refractivity contribution in [3.8, 4) is 0 Å². The van der Waals surface area contributed by atoms with E-state index in [-0.39, 0.29) is 12.5 Å². The minimum Gasteiger partial charge on any atom is -0.387 e.